The SMILES string of the molecule is CC(C)(C)OC(=O)NN(C[C@](O)(Cn1cncn1)c1ccc(F)cc1F)C(=S)Nc1ccc(Cl)cn1. The molecule has 0 radical (unpaired) electrons. The van der Waals surface area contributed by atoms with Gasteiger partial charge in [0.1, 0.15) is 41.3 Å². The number of rotatable bonds is 6. The second-order valence-electron chi connectivity index (χ2n) is 8.74. The number of aliphatic hydroxyl groups is 1. The van der Waals surface area contributed by atoms with Crippen LogP contribution in [-0.2, 0) is 16.9 Å². The Balaban J connectivity index is 1.97. The van der Waals surface area contributed by atoms with Gasteiger partial charge < -0.3 is 15.2 Å². The molecule has 2 aromatic heterocycles. The van der Waals surface area contributed by atoms with Gasteiger partial charge >= 0.3 is 6.09 Å². The van der Waals surface area contributed by atoms with Crippen molar-refractivity contribution in [3.63, 3.8) is 0 Å². The number of pyridine rings is 1. The number of benzene rings is 1. The number of hydrogen-bond acceptors (Lipinski definition) is 7. The van der Waals surface area contributed by atoms with Crippen molar-refractivity contribution in [1.29, 1.82) is 0 Å². The maximum absolute atomic E-state index is 14.8. The molecule has 0 aliphatic heterocycles. The van der Waals surface area contributed by atoms with Crippen molar-refractivity contribution in [2.75, 3.05) is 11.9 Å². The van der Waals surface area contributed by atoms with E-state index in [1.165, 1.54) is 23.5 Å². The van der Waals surface area contributed by atoms with Gasteiger partial charge in [-0.25, -0.2) is 33.7 Å². The van der Waals surface area contributed by atoms with Gasteiger partial charge in [-0.3, -0.25) is 5.01 Å². The van der Waals surface area contributed by atoms with Crippen molar-refractivity contribution in [2.24, 2.45) is 0 Å². The zero-order valence-corrected chi connectivity index (χ0v) is 21.1. The second-order valence-corrected chi connectivity index (χ2v) is 9.56. The van der Waals surface area contributed by atoms with Gasteiger partial charge in [0.15, 0.2) is 5.11 Å². The van der Waals surface area contributed by atoms with E-state index in [1.54, 1.807) is 32.9 Å². The number of aromatic nitrogens is 4. The van der Waals surface area contributed by atoms with Crippen molar-refractivity contribution in [2.45, 2.75) is 38.5 Å². The molecule has 0 spiro atoms. The van der Waals surface area contributed by atoms with Crippen LogP contribution >= 0.6 is 23.8 Å². The molecular weight excluding hydrogens is 516 g/mol. The van der Waals surface area contributed by atoms with Crippen LogP contribution in [0, 0.1) is 11.6 Å². The van der Waals surface area contributed by atoms with Crippen LogP contribution in [0.2, 0.25) is 5.02 Å². The lowest BCUT2D eigenvalue weighted by Gasteiger charge is -2.36. The summed E-state index contributed by atoms with van der Waals surface area (Å²) in [5.74, 6) is -1.55. The van der Waals surface area contributed by atoms with E-state index in [-0.39, 0.29) is 23.0 Å². The average molecular weight is 540 g/mol. The smallest absolute Gasteiger partial charge is 0.426 e. The van der Waals surface area contributed by atoms with Crippen LogP contribution in [0.3, 0.4) is 0 Å². The number of carbonyl (C=O) groups excluding carboxylic acids is 1. The summed E-state index contributed by atoms with van der Waals surface area (Å²) in [4.78, 5) is 20.5. The normalized spacial score (nSPS) is 13.0. The van der Waals surface area contributed by atoms with Crippen LogP contribution < -0.4 is 10.7 Å². The number of nitrogens with one attached hydrogen (secondary N) is 2. The lowest BCUT2D eigenvalue weighted by atomic mass is 9.92. The Labute approximate surface area is 216 Å². The minimum atomic E-state index is -2.08. The molecule has 3 N–H and O–H groups in total. The van der Waals surface area contributed by atoms with Crippen molar-refractivity contribution in [1.82, 2.24) is 30.2 Å². The summed E-state index contributed by atoms with van der Waals surface area (Å²) in [6, 6.07) is 5.86. The Morgan fingerprint density at radius 2 is 2.03 bits per heavy atom. The third-order valence-electron chi connectivity index (χ3n) is 4.57. The molecule has 1 amide bonds. The third kappa shape index (κ3) is 7.54. The summed E-state index contributed by atoms with van der Waals surface area (Å²) in [5, 5.41) is 19.8. The van der Waals surface area contributed by atoms with Gasteiger partial charge in [0.05, 0.1) is 18.1 Å². The molecule has 36 heavy (non-hydrogen) atoms. The van der Waals surface area contributed by atoms with Crippen molar-refractivity contribution in [3.05, 3.63) is 71.4 Å². The van der Waals surface area contributed by atoms with Gasteiger partial charge in [-0.1, -0.05) is 17.7 Å². The van der Waals surface area contributed by atoms with E-state index in [1.807, 2.05) is 0 Å². The Hall–Kier alpha value is -3.42. The van der Waals surface area contributed by atoms with E-state index in [4.69, 9.17) is 28.6 Å². The van der Waals surface area contributed by atoms with Crippen LogP contribution in [0.5, 0.6) is 0 Å². The molecule has 1 atom stereocenters. The number of hydrogen-bond donors (Lipinski definition) is 3. The zero-order valence-electron chi connectivity index (χ0n) is 19.6. The number of thiocarbonyl (C=S) groups is 1. The lowest BCUT2D eigenvalue weighted by Crippen LogP contribution is -2.56. The number of amides is 1. The quantitative estimate of drug-likeness (QED) is 0.319. The standard InChI is InChI=1S/C22H24ClF2N7O3S/c1-21(2,3)35-20(33)30-32(19(36)29-18-7-4-14(23)9-27-18)11-22(34,10-31-13-26-12-28-31)16-6-5-15(24)8-17(16)25/h4-9,12-13,34H,10-11H2,1-3H3,(H,30,33)(H,27,29,36)/t22-/m1/s1. The van der Waals surface area contributed by atoms with Gasteiger partial charge in [0.25, 0.3) is 0 Å². The van der Waals surface area contributed by atoms with Gasteiger partial charge in [0, 0.05) is 17.8 Å². The first-order valence-corrected chi connectivity index (χ1v) is 11.3. The van der Waals surface area contributed by atoms with Crippen LogP contribution in [0.25, 0.3) is 0 Å². The molecule has 10 nitrogen and oxygen atoms in total. The van der Waals surface area contributed by atoms with E-state index in [0.29, 0.717) is 11.1 Å². The summed E-state index contributed by atoms with van der Waals surface area (Å²) in [6.07, 6.45) is 3.04. The zero-order chi connectivity index (χ0) is 26.5. The van der Waals surface area contributed by atoms with Crippen LogP contribution in [0.1, 0.15) is 26.3 Å². The molecule has 2 heterocycles. The molecule has 0 fully saturated rings. The van der Waals surface area contributed by atoms with Crippen LogP contribution in [0.4, 0.5) is 19.4 Å². The second kappa shape index (κ2) is 11.1. The molecule has 0 aliphatic carbocycles. The highest BCUT2D eigenvalue weighted by Crippen LogP contribution is 2.28. The van der Waals surface area contributed by atoms with Crippen molar-refractivity contribution >= 4 is 40.8 Å². The van der Waals surface area contributed by atoms with E-state index in [9.17, 15) is 18.7 Å². The molecule has 3 aromatic rings. The molecule has 0 saturated heterocycles. The Bertz CT molecular complexity index is 1210. The summed E-state index contributed by atoms with van der Waals surface area (Å²) >= 11 is 11.3. The number of carbonyl (C=O) groups is 1. The highest BCUT2D eigenvalue weighted by atomic mass is 35.5. The monoisotopic (exact) mass is 539 g/mol. The molecule has 0 unspecified atom stereocenters. The molecule has 0 saturated carbocycles. The number of halogens is 3. The average Bonchev–Trinajstić information content (AvgIpc) is 3.26. The van der Waals surface area contributed by atoms with Crippen LogP contribution in [-0.4, -0.2) is 53.2 Å². The Morgan fingerprint density at radius 3 is 2.61 bits per heavy atom. The Morgan fingerprint density at radius 1 is 1.28 bits per heavy atom. The fourth-order valence-corrected chi connectivity index (χ4v) is 3.46. The Kier molecular flexibility index (Phi) is 8.38. The molecule has 0 bridgehead atoms. The van der Waals surface area contributed by atoms with Gasteiger partial charge in [-0.15, -0.1) is 0 Å². The van der Waals surface area contributed by atoms with Gasteiger partial charge in [-0.05, 0) is 51.2 Å². The van der Waals surface area contributed by atoms with E-state index >= 15 is 0 Å². The fourth-order valence-electron chi connectivity index (χ4n) is 3.13. The minimum Gasteiger partial charge on any atom is -0.443 e. The highest BCUT2D eigenvalue weighted by molar-refractivity contribution is 7.80. The first-order chi connectivity index (χ1) is 16.8. The number of ether oxygens (including phenoxy) is 1. The van der Waals surface area contributed by atoms with E-state index < -0.39 is 35.5 Å². The van der Waals surface area contributed by atoms with E-state index in [2.05, 4.69) is 25.8 Å². The first-order valence-electron chi connectivity index (χ1n) is 10.5. The van der Waals surface area contributed by atoms with Gasteiger partial charge in [0.2, 0.25) is 0 Å². The molecule has 3 rings (SSSR count). The molecule has 1 aromatic carbocycles. The predicted molar refractivity (Wildman–Crippen MR) is 132 cm³/mol. The number of hydrazine groups is 1. The minimum absolute atomic E-state index is 0.116. The van der Waals surface area contributed by atoms with E-state index in [0.717, 1.165) is 17.1 Å². The largest absolute Gasteiger partial charge is 0.443 e. The maximum Gasteiger partial charge on any atom is 0.426 e. The number of nitrogens with zero attached hydrogens (tertiary/aromatic N) is 5. The van der Waals surface area contributed by atoms with Gasteiger partial charge in [-0.2, -0.15) is 5.10 Å². The maximum atomic E-state index is 14.8. The van der Waals surface area contributed by atoms with Crippen molar-refractivity contribution in [3.8, 4) is 0 Å². The summed E-state index contributed by atoms with van der Waals surface area (Å²) in [7, 11) is 0. The van der Waals surface area contributed by atoms with Crippen molar-refractivity contribution < 1.29 is 23.4 Å². The summed E-state index contributed by atoms with van der Waals surface area (Å²) in [5.41, 5.74) is -0.736. The highest BCUT2D eigenvalue weighted by Gasteiger charge is 2.37. The fraction of sp³-hybridized carbons (Fsp3) is 0.318. The number of anilines is 1. The molecule has 14 heteroatoms. The third-order valence-corrected chi connectivity index (χ3v) is 5.12. The first kappa shape index (κ1) is 27.2. The predicted octanol–water partition coefficient (Wildman–Crippen LogP) is 3.63. The molecule has 0 aliphatic rings. The summed E-state index contributed by atoms with van der Waals surface area (Å²) in [6.45, 7) is 4.18. The van der Waals surface area contributed by atoms with Crippen LogP contribution in [0.15, 0.2) is 49.2 Å². The topological polar surface area (TPSA) is 117 Å². The lowest BCUT2D eigenvalue weighted by molar-refractivity contribution is -0.0192. The molecular formula is C22H24ClF2N7O3S. The summed E-state index contributed by atoms with van der Waals surface area (Å²) < 4.78 is 35.0. The molecule has 192 valence electrons.